The smallest absolute Gasteiger partial charge is 0.303 e. The lowest BCUT2D eigenvalue weighted by molar-refractivity contribution is -0.137. The second-order valence-electron chi connectivity index (χ2n) is 5.52. The molecule has 21 heavy (non-hydrogen) atoms. The summed E-state index contributed by atoms with van der Waals surface area (Å²) < 4.78 is 0. The lowest BCUT2D eigenvalue weighted by atomic mass is 10.1. The summed E-state index contributed by atoms with van der Waals surface area (Å²) in [6, 6.07) is 0. The highest BCUT2D eigenvalue weighted by molar-refractivity contribution is 5.66. The minimum atomic E-state index is -0.676. The van der Waals surface area contributed by atoms with Crippen LogP contribution in [0.3, 0.4) is 0 Å². The number of carboxylic acids is 1. The minimum absolute atomic E-state index is 0.318. The molecule has 3 heteroatoms. The standard InChI is InChI=1S/C18H33NO2/c19-17-15-13-11-9-7-5-3-1-2-4-6-8-10-12-14-16-18(20)21/h1-2,5,7H,3-4,6,8-17,19H2,(H,20,21)/b2-1+,7-5+. The summed E-state index contributed by atoms with van der Waals surface area (Å²) in [6.45, 7) is 0.812. The summed E-state index contributed by atoms with van der Waals surface area (Å²) in [4.78, 5) is 10.3. The van der Waals surface area contributed by atoms with E-state index in [9.17, 15) is 4.79 Å². The number of hydrogen-bond donors (Lipinski definition) is 2. The van der Waals surface area contributed by atoms with Crippen molar-refractivity contribution < 1.29 is 9.90 Å². The molecule has 0 aromatic rings. The Balaban J connectivity index is 3.18. The second-order valence-corrected chi connectivity index (χ2v) is 5.52. The number of nitrogens with two attached hydrogens (primary N) is 1. The van der Waals surface area contributed by atoms with Crippen molar-refractivity contribution in [3.63, 3.8) is 0 Å². The van der Waals surface area contributed by atoms with Crippen LogP contribution in [0.1, 0.15) is 77.0 Å². The lowest BCUT2D eigenvalue weighted by Crippen LogP contribution is -1.97. The van der Waals surface area contributed by atoms with Crippen molar-refractivity contribution >= 4 is 5.97 Å². The summed E-state index contributed by atoms with van der Waals surface area (Å²) in [5.41, 5.74) is 5.44. The van der Waals surface area contributed by atoms with Gasteiger partial charge in [0, 0.05) is 6.42 Å². The fraction of sp³-hybridized carbons (Fsp3) is 0.722. The van der Waals surface area contributed by atoms with Gasteiger partial charge in [0.2, 0.25) is 0 Å². The predicted molar refractivity (Wildman–Crippen MR) is 90.4 cm³/mol. The summed E-state index contributed by atoms with van der Waals surface area (Å²) in [7, 11) is 0. The van der Waals surface area contributed by atoms with Gasteiger partial charge in [0.05, 0.1) is 0 Å². The number of allylic oxidation sites excluding steroid dienone is 4. The Hall–Kier alpha value is -1.09. The molecule has 0 unspecified atom stereocenters. The molecule has 3 N–H and O–H groups in total. The lowest BCUT2D eigenvalue weighted by Gasteiger charge is -1.98. The molecule has 0 amide bonds. The van der Waals surface area contributed by atoms with Crippen molar-refractivity contribution in [1.29, 1.82) is 0 Å². The number of hydrogen-bond acceptors (Lipinski definition) is 2. The molecule has 0 spiro atoms. The van der Waals surface area contributed by atoms with Gasteiger partial charge in [-0.1, -0.05) is 50.0 Å². The number of carbonyl (C=O) groups is 1. The molecular weight excluding hydrogens is 262 g/mol. The average Bonchev–Trinajstić information content (AvgIpc) is 2.46. The van der Waals surface area contributed by atoms with Gasteiger partial charge in [0.25, 0.3) is 0 Å². The van der Waals surface area contributed by atoms with Gasteiger partial charge >= 0.3 is 5.97 Å². The largest absolute Gasteiger partial charge is 0.481 e. The summed E-state index contributed by atoms with van der Waals surface area (Å²) in [6.07, 6.45) is 21.8. The number of rotatable bonds is 15. The van der Waals surface area contributed by atoms with Gasteiger partial charge in [-0.2, -0.15) is 0 Å². The van der Waals surface area contributed by atoms with Crippen LogP contribution < -0.4 is 5.73 Å². The quantitative estimate of drug-likeness (QED) is 0.336. The SMILES string of the molecule is NCCCCC/C=C/C/C=C/CCCCCCCC(=O)O. The third kappa shape index (κ3) is 18.9. The highest BCUT2D eigenvalue weighted by atomic mass is 16.4. The summed E-state index contributed by atoms with van der Waals surface area (Å²) in [5, 5.41) is 8.51. The molecular formula is C18H33NO2. The average molecular weight is 295 g/mol. The first-order valence-corrected chi connectivity index (χ1v) is 8.49. The summed E-state index contributed by atoms with van der Waals surface area (Å²) in [5.74, 6) is -0.676. The van der Waals surface area contributed by atoms with Crippen LogP contribution in [0.5, 0.6) is 0 Å². The van der Waals surface area contributed by atoms with Gasteiger partial charge in [-0.25, -0.2) is 0 Å². The van der Waals surface area contributed by atoms with Gasteiger partial charge in [-0.15, -0.1) is 0 Å². The molecule has 0 bridgehead atoms. The maximum Gasteiger partial charge on any atom is 0.303 e. The van der Waals surface area contributed by atoms with Crippen molar-refractivity contribution in [3.05, 3.63) is 24.3 Å². The zero-order chi connectivity index (χ0) is 15.6. The zero-order valence-electron chi connectivity index (χ0n) is 13.4. The molecule has 0 aliphatic heterocycles. The van der Waals surface area contributed by atoms with E-state index in [0.717, 1.165) is 45.1 Å². The van der Waals surface area contributed by atoms with Crippen LogP contribution in [0.4, 0.5) is 0 Å². The van der Waals surface area contributed by atoms with E-state index >= 15 is 0 Å². The number of carboxylic acid groups (broad SMARTS) is 1. The number of unbranched alkanes of at least 4 members (excludes halogenated alkanes) is 8. The Morgan fingerprint density at radius 2 is 1.29 bits per heavy atom. The van der Waals surface area contributed by atoms with Gasteiger partial charge in [-0.05, 0) is 51.5 Å². The molecule has 0 radical (unpaired) electrons. The second kappa shape index (κ2) is 17.0. The molecule has 0 atom stereocenters. The molecule has 122 valence electrons. The van der Waals surface area contributed by atoms with E-state index in [0.29, 0.717) is 6.42 Å². The van der Waals surface area contributed by atoms with E-state index in [-0.39, 0.29) is 0 Å². The van der Waals surface area contributed by atoms with Gasteiger partial charge in [-0.3, -0.25) is 4.79 Å². The van der Waals surface area contributed by atoms with E-state index in [1.54, 1.807) is 0 Å². The molecule has 0 aromatic heterocycles. The number of aliphatic carboxylic acids is 1. The van der Waals surface area contributed by atoms with Crippen molar-refractivity contribution in [2.24, 2.45) is 5.73 Å². The van der Waals surface area contributed by atoms with Crippen LogP contribution in [0.25, 0.3) is 0 Å². The van der Waals surface area contributed by atoms with Crippen LogP contribution in [0.15, 0.2) is 24.3 Å². The molecule has 0 rings (SSSR count). The Morgan fingerprint density at radius 3 is 1.86 bits per heavy atom. The normalized spacial score (nSPS) is 11.7. The molecule has 0 saturated heterocycles. The monoisotopic (exact) mass is 295 g/mol. The fourth-order valence-electron chi connectivity index (χ4n) is 2.16. The molecule has 0 fully saturated rings. The third-order valence-corrected chi connectivity index (χ3v) is 3.44. The van der Waals surface area contributed by atoms with E-state index in [4.69, 9.17) is 10.8 Å². The fourth-order valence-corrected chi connectivity index (χ4v) is 2.16. The first kappa shape index (κ1) is 19.9. The van der Waals surface area contributed by atoms with Crippen molar-refractivity contribution in [3.8, 4) is 0 Å². The van der Waals surface area contributed by atoms with Crippen molar-refractivity contribution in [2.45, 2.75) is 77.0 Å². The van der Waals surface area contributed by atoms with Crippen LogP contribution in [0, 0.1) is 0 Å². The molecule has 0 saturated carbocycles. The van der Waals surface area contributed by atoms with Crippen molar-refractivity contribution in [2.75, 3.05) is 6.54 Å². The Kier molecular flexibility index (Phi) is 16.1. The molecule has 0 aromatic carbocycles. The third-order valence-electron chi connectivity index (χ3n) is 3.44. The molecule has 0 heterocycles. The van der Waals surface area contributed by atoms with Gasteiger partial charge < -0.3 is 10.8 Å². The van der Waals surface area contributed by atoms with E-state index in [1.165, 1.54) is 32.1 Å². The van der Waals surface area contributed by atoms with Crippen LogP contribution >= 0.6 is 0 Å². The van der Waals surface area contributed by atoms with Gasteiger partial charge in [0.15, 0.2) is 0 Å². The predicted octanol–water partition coefficient (Wildman–Crippen LogP) is 4.82. The molecule has 3 nitrogen and oxygen atoms in total. The first-order chi connectivity index (χ1) is 10.3. The topological polar surface area (TPSA) is 63.3 Å². The van der Waals surface area contributed by atoms with Crippen LogP contribution in [0.2, 0.25) is 0 Å². The highest BCUT2D eigenvalue weighted by Gasteiger charge is 1.95. The Morgan fingerprint density at radius 1 is 0.762 bits per heavy atom. The minimum Gasteiger partial charge on any atom is -0.481 e. The Labute approximate surface area is 130 Å². The van der Waals surface area contributed by atoms with Gasteiger partial charge in [0.1, 0.15) is 0 Å². The van der Waals surface area contributed by atoms with Crippen LogP contribution in [-0.2, 0) is 4.79 Å². The Bertz CT molecular complexity index is 285. The van der Waals surface area contributed by atoms with E-state index in [2.05, 4.69) is 24.3 Å². The van der Waals surface area contributed by atoms with E-state index < -0.39 is 5.97 Å². The first-order valence-electron chi connectivity index (χ1n) is 8.49. The molecule has 0 aliphatic rings. The van der Waals surface area contributed by atoms with E-state index in [1.807, 2.05) is 0 Å². The zero-order valence-corrected chi connectivity index (χ0v) is 13.4. The maximum atomic E-state index is 10.3. The molecule has 0 aliphatic carbocycles. The van der Waals surface area contributed by atoms with Crippen molar-refractivity contribution in [1.82, 2.24) is 0 Å². The summed E-state index contributed by atoms with van der Waals surface area (Å²) >= 11 is 0. The van der Waals surface area contributed by atoms with Crippen LogP contribution in [-0.4, -0.2) is 17.6 Å². The maximum absolute atomic E-state index is 10.3. The highest BCUT2D eigenvalue weighted by Crippen LogP contribution is 2.08.